The lowest BCUT2D eigenvalue weighted by Gasteiger charge is -2.38. The second-order valence-electron chi connectivity index (χ2n) is 9.05. The zero-order valence-electron chi connectivity index (χ0n) is 19.6. The monoisotopic (exact) mass is 475 g/mol. The van der Waals surface area contributed by atoms with Crippen molar-refractivity contribution in [3.63, 3.8) is 0 Å². The predicted octanol–water partition coefficient (Wildman–Crippen LogP) is 5.19. The summed E-state index contributed by atoms with van der Waals surface area (Å²) >= 11 is 0. The highest BCUT2D eigenvalue weighted by Gasteiger charge is 2.42. The van der Waals surface area contributed by atoms with Crippen LogP contribution in [0.1, 0.15) is 55.3 Å². The lowest BCUT2D eigenvalue weighted by Crippen LogP contribution is -2.50. The third-order valence-electron chi connectivity index (χ3n) is 6.62. The Balaban J connectivity index is 1.58. The summed E-state index contributed by atoms with van der Waals surface area (Å²) in [6.45, 7) is 3.55. The third kappa shape index (κ3) is 2.92. The molecular weight excluding hydrogens is 454 g/mol. The van der Waals surface area contributed by atoms with Gasteiger partial charge in [-0.1, -0.05) is 36.4 Å². The summed E-state index contributed by atoms with van der Waals surface area (Å²) in [6.07, 6.45) is 0. The van der Waals surface area contributed by atoms with Crippen molar-refractivity contribution in [2.75, 3.05) is 5.01 Å². The SMILES string of the molecule is CC(C)N1C(=O)c2ccc3c4c(ccc(c24)C1=O)C(=O)N(N(c1ccccc1)c1ccccc1)C3=O. The van der Waals surface area contributed by atoms with Crippen LogP contribution >= 0.6 is 0 Å². The van der Waals surface area contributed by atoms with Crippen molar-refractivity contribution in [2.24, 2.45) is 0 Å². The molecule has 2 heterocycles. The lowest BCUT2D eigenvalue weighted by molar-refractivity contribution is 0.0555. The van der Waals surface area contributed by atoms with E-state index in [4.69, 9.17) is 0 Å². The Morgan fingerprint density at radius 2 is 0.889 bits per heavy atom. The van der Waals surface area contributed by atoms with Crippen molar-refractivity contribution in [2.45, 2.75) is 19.9 Å². The first-order valence-corrected chi connectivity index (χ1v) is 11.7. The molecule has 6 rings (SSSR count). The minimum Gasteiger partial charge on any atom is -0.272 e. The molecule has 0 unspecified atom stereocenters. The highest BCUT2D eigenvalue weighted by atomic mass is 16.2. The number of amides is 4. The van der Waals surface area contributed by atoms with Crippen molar-refractivity contribution in [1.82, 2.24) is 9.91 Å². The van der Waals surface area contributed by atoms with Crippen LogP contribution in [0.4, 0.5) is 11.4 Å². The molecule has 0 fully saturated rings. The van der Waals surface area contributed by atoms with Gasteiger partial charge < -0.3 is 0 Å². The van der Waals surface area contributed by atoms with Crippen LogP contribution in [-0.2, 0) is 0 Å². The second-order valence-corrected chi connectivity index (χ2v) is 9.05. The van der Waals surface area contributed by atoms with Gasteiger partial charge in [0.1, 0.15) is 0 Å². The topological polar surface area (TPSA) is 78.0 Å². The summed E-state index contributed by atoms with van der Waals surface area (Å²) < 4.78 is 0. The Morgan fingerprint density at radius 3 is 1.25 bits per heavy atom. The van der Waals surface area contributed by atoms with Crippen LogP contribution < -0.4 is 5.01 Å². The van der Waals surface area contributed by atoms with Crippen molar-refractivity contribution >= 4 is 45.8 Å². The summed E-state index contributed by atoms with van der Waals surface area (Å²) in [7, 11) is 0. The number of carbonyl (C=O) groups is 4. The molecule has 36 heavy (non-hydrogen) atoms. The Morgan fingerprint density at radius 1 is 0.528 bits per heavy atom. The Bertz CT molecular complexity index is 1490. The predicted molar refractivity (Wildman–Crippen MR) is 135 cm³/mol. The molecule has 0 saturated carbocycles. The van der Waals surface area contributed by atoms with Crippen molar-refractivity contribution < 1.29 is 19.2 Å². The molecule has 4 aromatic rings. The average Bonchev–Trinajstić information content (AvgIpc) is 2.89. The van der Waals surface area contributed by atoms with Gasteiger partial charge in [-0.05, 0) is 62.4 Å². The normalized spacial score (nSPS) is 14.8. The molecule has 0 radical (unpaired) electrons. The van der Waals surface area contributed by atoms with Gasteiger partial charge in [-0.2, -0.15) is 5.01 Å². The maximum absolute atomic E-state index is 13.9. The molecule has 0 aliphatic carbocycles. The van der Waals surface area contributed by atoms with Crippen molar-refractivity contribution in [3.05, 3.63) is 107 Å². The van der Waals surface area contributed by atoms with Gasteiger partial charge >= 0.3 is 0 Å². The number of hydrogen-bond donors (Lipinski definition) is 0. The van der Waals surface area contributed by atoms with E-state index in [9.17, 15) is 19.2 Å². The molecule has 7 heteroatoms. The van der Waals surface area contributed by atoms with Gasteiger partial charge in [0, 0.05) is 27.9 Å². The summed E-state index contributed by atoms with van der Waals surface area (Å²) in [6, 6.07) is 24.3. The summed E-state index contributed by atoms with van der Waals surface area (Å²) in [5.41, 5.74) is 2.43. The standard InChI is InChI=1S/C29H21N3O4/c1-17(2)30-26(33)20-13-15-22-25-23(16-14-21(24(20)25)27(30)34)29(36)32(28(22)35)31(18-9-5-3-6-10-18)19-11-7-4-8-12-19/h3-17H,1-2H3. The number of nitrogens with zero attached hydrogens (tertiary/aromatic N) is 3. The van der Waals surface area contributed by atoms with E-state index in [1.165, 1.54) is 4.90 Å². The molecule has 0 saturated heterocycles. The van der Waals surface area contributed by atoms with E-state index in [2.05, 4.69) is 0 Å². The molecular formula is C29H21N3O4. The summed E-state index contributed by atoms with van der Waals surface area (Å²) in [5.74, 6) is -1.92. The summed E-state index contributed by atoms with van der Waals surface area (Å²) in [4.78, 5) is 55.5. The molecule has 4 aromatic carbocycles. The number of carbonyl (C=O) groups excluding carboxylic acids is 4. The number of rotatable bonds is 4. The number of imide groups is 2. The van der Waals surface area contributed by atoms with Crippen LogP contribution in [0.3, 0.4) is 0 Å². The molecule has 0 bridgehead atoms. The fraction of sp³-hybridized carbons (Fsp3) is 0.103. The first kappa shape index (κ1) is 21.7. The first-order chi connectivity index (χ1) is 17.4. The van der Waals surface area contributed by atoms with Crippen LogP contribution in [0.2, 0.25) is 0 Å². The average molecular weight is 476 g/mol. The Labute approximate surface area is 207 Å². The quantitative estimate of drug-likeness (QED) is 0.380. The minimum atomic E-state index is -0.532. The highest BCUT2D eigenvalue weighted by Crippen LogP contribution is 2.40. The molecule has 2 aliphatic rings. The van der Waals surface area contributed by atoms with Crippen LogP contribution in [0.25, 0.3) is 10.8 Å². The molecule has 176 valence electrons. The minimum absolute atomic E-state index is 0.264. The zero-order valence-corrected chi connectivity index (χ0v) is 19.6. The van der Waals surface area contributed by atoms with E-state index in [0.717, 1.165) is 5.01 Å². The molecule has 7 nitrogen and oxygen atoms in total. The maximum atomic E-state index is 13.9. The fourth-order valence-corrected chi connectivity index (χ4v) is 5.05. The van der Waals surface area contributed by atoms with Gasteiger partial charge in [-0.15, -0.1) is 0 Å². The van der Waals surface area contributed by atoms with Gasteiger partial charge in [0.05, 0.1) is 22.5 Å². The van der Waals surface area contributed by atoms with E-state index < -0.39 is 23.6 Å². The highest BCUT2D eigenvalue weighted by molar-refractivity contribution is 6.33. The van der Waals surface area contributed by atoms with Crippen LogP contribution in [0.5, 0.6) is 0 Å². The van der Waals surface area contributed by atoms with Gasteiger partial charge in [0.15, 0.2) is 0 Å². The number of benzene rings is 4. The number of para-hydroxylation sites is 2. The zero-order chi connectivity index (χ0) is 25.1. The number of hydrazine groups is 1. The Hall–Kier alpha value is -4.78. The van der Waals surface area contributed by atoms with Gasteiger partial charge in [0.2, 0.25) is 0 Å². The van der Waals surface area contributed by atoms with Crippen molar-refractivity contribution in [1.29, 1.82) is 0 Å². The van der Waals surface area contributed by atoms with Gasteiger partial charge in [0.25, 0.3) is 23.6 Å². The molecule has 0 atom stereocenters. The number of anilines is 2. The first-order valence-electron chi connectivity index (χ1n) is 11.7. The second kappa shape index (κ2) is 7.88. The molecule has 2 aliphatic heterocycles. The van der Waals surface area contributed by atoms with E-state index in [0.29, 0.717) is 33.3 Å². The maximum Gasteiger partial charge on any atom is 0.280 e. The summed E-state index contributed by atoms with van der Waals surface area (Å²) in [5, 5.41) is 3.42. The Kier molecular flexibility index (Phi) is 4.76. The smallest absolute Gasteiger partial charge is 0.272 e. The van der Waals surface area contributed by atoms with Gasteiger partial charge in [-0.3, -0.25) is 24.1 Å². The van der Waals surface area contributed by atoms with Crippen LogP contribution in [0.15, 0.2) is 84.9 Å². The van der Waals surface area contributed by atoms with E-state index in [1.54, 1.807) is 43.1 Å². The van der Waals surface area contributed by atoms with Crippen LogP contribution in [0, 0.1) is 0 Å². The molecule has 4 amide bonds. The van der Waals surface area contributed by atoms with Crippen molar-refractivity contribution in [3.8, 4) is 0 Å². The largest absolute Gasteiger partial charge is 0.280 e. The van der Waals surface area contributed by atoms with E-state index in [-0.39, 0.29) is 17.2 Å². The third-order valence-corrected chi connectivity index (χ3v) is 6.62. The van der Waals surface area contributed by atoms with E-state index >= 15 is 0 Å². The fourth-order valence-electron chi connectivity index (χ4n) is 5.05. The molecule has 0 N–H and O–H groups in total. The number of hydrogen-bond acceptors (Lipinski definition) is 5. The van der Waals surface area contributed by atoms with E-state index in [1.807, 2.05) is 60.7 Å². The van der Waals surface area contributed by atoms with Crippen LogP contribution in [-0.4, -0.2) is 39.6 Å². The molecule has 0 spiro atoms. The van der Waals surface area contributed by atoms with Gasteiger partial charge in [-0.25, -0.2) is 5.01 Å². The lowest BCUT2D eigenvalue weighted by atomic mass is 9.86. The molecule has 0 aromatic heterocycles.